The van der Waals surface area contributed by atoms with E-state index < -0.39 is 17.4 Å². The average molecular weight is 485 g/mol. The molecule has 0 fully saturated rings. The summed E-state index contributed by atoms with van der Waals surface area (Å²) in [7, 11) is 0. The highest BCUT2D eigenvalue weighted by atomic mass is 16.4. The van der Waals surface area contributed by atoms with Gasteiger partial charge in [-0.1, -0.05) is 79.7 Å². The fraction of sp³-hybridized carbons (Fsp3) is 0.517. The number of aromatic hydroxyl groups is 2. The van der Waals surface area contributed by atoms with E-state index in [1.165, 1.54) is 0 Å². The molecule has 0 aromatic heterocycles. The molecule has 0 atom stereocenters. The van der Waals surface area contributed by atoms with E-state index in [0.29, 0.717) is 33.4 Å². The third-order valence-electron chi connectivity index (χ3n) is 6.78. The van der Waals surface area contributed by atoms with Crippen LogP contribution in [-0.4, -0.2) is 32.4 Å². The molecule has 6 heteroatoms. The zero-order chi connectivity index (χ0) is 26.8. The normalized spacial score (nSPS) is 12.2. The van der Waals surface area contributed by atoms with Crippen molar-refractivity contribution < 1.29 is 30.0 Å². The lowest BCUT2D eigenvalue weighted by Gasteiger charge is -2.28. The van der Waals surface area contributed by atoms with Gasteiger partial charge in [0.1, 0.15) is 11.5 Å². The predicted molar refractivity (Wildman–Crippen MR) is 138 cm³/mol. The lowest BCUT2D eigenvalue weighted by Crippen LogP contribution is -2.43. The van der Waals surface area contributed by atoms with Crippen molar-refractivity contribution in [2.75, 3.05) is 0 Å². The second kappa shape index (κ2) is 10.7. The molecule has 0 bridgehead atoms. The van der Waals surface area contributed by atoms with Crippen LogP contribution < -0.4 is 0 Å². The summed E-state index contributed by atoms with van der Waals surface area (Å²) in [5.41, 5.74) is 1.70. The zero-order valence-corrected chi connectivity index (χ0v) is 22.1. The first-order valence-electron chi connectivity index (χ1n) is 12.3. The van der Waals surface area contributed by atoms with Gasteiger partial charge in [-0.3, -0.25) is 9.59 Å². The number of rotatable bonds is 10. The van der Waals surface area contributed by atoms with Crippen LogP contribution in [0.2, 0.25) is 0 Å². The molecule has 0 heterocycles. The zero-order valence-electron chi connectivity index (χ0n) is 22.1. The highest BCUT2D eigenvalue weighted by Gasteiger charge is 2.47. The average Bonchev–Trinajstić information content (AvgIpc) is 2.73. The molecule has 192 valence electrons. The molecule has 2 rings (SSSR count). The minimum Gasteiger partial charge on any atom is -0.507 e. The number of carbonyl (C=O) groups is 2. The molecular formula is C29H40O6. The topological polar surface area (TPSA) is 115 Å². The third-order valence-corrected chi connectivity index (χ3v) is 6.78. The molecule has 0 aliphatic rings. The molecule has 0 amide bonds. The van der Waals surface area contributed by atoms with Crippen molar-refractivity contribution in [3.8, 4) is 11.5 Å². The van der Waals surface area contributed by atoms with Crippen molar-refractivity contribution in [3.63, 3.8) is 0 Å². The van der Waals surface area contributed by atoms with E-state index in [0.717, 1.165) is 0 Å². The molecule has 0 spiro atoms. The van der Waals surface area contributed by atoms with Crippen molar-refractivity contribution in [2.45, 2.75) is 91.9 Å². The van der Waals surface area contributed by atoms with E-state index in [1.54, 1.807) is 24.3 Å². The van der Waals surface area contributed by atoms with E-state index in [2.05, 4.69) is 0 Å². The SMILES string of the molecule is CC(C)c1cc(CC(Cc2cc(C(C)C)c(O)c(C(C)C)c2)(C(=O)O)C(=O)O)cc(C(C)C)c1O. The molecule has 0 aliphatic heterocycles. The number of hydrogen-bond acceptors (Lipinski definition) is 4. The fourth-order valence-corrected chi connectivity index (χ4v) is 4.61. The highest BCUT2D eigenvalue weighted by molar-refractivity contribution is 5.99. The Morgan fingerprint density at radius 3 is 1.00 bits per heavy atom. The number of benzene rings is 2. The molecule has 0 unspecified atom stereocenters. The summed E-state index contributed by atoms with van der Waals surface area (Å²) in [6.45, 7) is 15.5. The van der Waals surface area contributed by atoms with Crippen LogP contribution >= 0.6 is 0 Å². The van der Waals surface area contributed by atoms with E-state index in [4.69, 9.17) is 0 Å². The number of hydrogen-bond donors (Lipinski definition) is 4. The van der Waals surface area contributed by atoms with Gasteiger partial charge in [-0.2, -0.15) is 0 Å². The molecule has 35 heavy (non-hydrogen) atoms. The Kier molecular flexibility index (Phi) is 8.64. The van der Waals surface area contributed by atoms with Crippen LogP contribution in [-0.2, 0) is 22.4 Å². The third kappa shape index (κ3) is 5.80. The molecule has 2 aromatic carbocycles. The van der Waals surface area contributed by atoms with Crippen molar-refractivity contribution in [3.05, 3.63) is 57.6 Å². The van der Waals surface area contributed by atoms with E-state index in [-0.39, 0.29) is 48.0 Å². The summed E-state index contributed by atoms with van der Waals surface area (Å²) in [5, 5.41) is 42.0. The molecule has 6 nitrogen and oxygen atoms in total. The van der Waals surface area contributed by atoms with E-state index >= 15 is 0 Å². The maximum atomic E-state index is 12.6. The van der Waals surface area contributed by atoms with Gasteiger partial charge in [0.05, 0.1) is 0 Å². The minimum absolute atomic E-state index is 0.0178. The van der Waals surface area contributed by atoms with Crippen LogP contribution in [0.4, 0.5) is 0 Å². The first-order valence-corrected chi connectivity index (χ1v) is 12.3. The summed E-state index contributed by atoms with van der Waals surface area (Å²) < 4.78 is 0. The lowest BCUT2D eigenvalue weighted by atomic mass is 9.74. The Morgan fingerprint density at radius 1 is 0.600 bits per heavy atom. The molecule has 0 aliphatic carbocycles. The molecular weight excluding hydrogens is 444 g/mol. The summed E-state index contributed by atoms with van der Waals surface area (Å²) in [6, 6.07) is 6.90. The fourth-order valence-electron chi connectivity index (χ4n) is 4.61. The van der Waals surface area contributed by atoms with Crippen LogP contribution in [0.15, 0.2) is 24.3 Å². The van der Waals surface area contributed by atoms with Gasteiger partial charge in [-0.05, 0) is 69.9 Å². The first kappa shape index (κ1) is 28.2. The molecule has 0 saturated heterocycles. The monoisotopic (exact) mass is 484 g/mol. The van der Waals surface area contributed by atoms with Crippen LogP contribution in [0.25, 0.3) is 0 Å². The van der Waals surface area contributed by atoms with Gasteiger partial charge in [-0.15, -0.1) is 0 Å². The Labute approximate surface area is 208 Å². The second-order valence-corrected chi connectivity index (χ2v) is 10.9. The highest BCUT2D eigenvalue weighted by Crippen LogP contribution is 2.40. The van der Waals surface area contributed by atoms with E-state index in [9.17, 15) is 30.0 Å². The Morgan fingerprint density at radius 2 is 0.829 bits per heavy atom. The minimum atomic E-state index is -2.11. The summed E-state index contributed by atoms with van der Waals surface area (Å²) in [6.07, 6.45) is -0.460. The Bertz CT molecular complexity index is 949. The number of carboxylic acids is 2. The van der Waals surface area contributed by atoms with Crippen molar-refractivity contribution in [2.24, 2.45) is 5.41 Å². The maximum Gasteiger partial charge on any atom is 0.321 e. The quantitative estimate of drug-likeness (QED) is 0.285. The van der Waals surface area contributed by atoms with Crippen LogP contribution in [0.3, 0.4) is 0 Å². The largest absolute Gasteiger partial charge is 0.507 e. The van der Waals surface area contributed by atoms with Gasteiger partial charge in [0, 0.05) is 0 Å². The second-order valence-electron chi connectivity index (χ2n) is 10.9. The predicted octanol–water partition coefficient (Wildman–Crippen LogP) is 6.53. The lowest BCUT2D eigenvalue weighted by molar-refractivity contribution is -0.164. The van der Waals surface area contributed by atoms with Gasteiger partial charge in [0.25, 0.3) is 0 Å². The van der Waals surface area contributed by atoms with Crippen LogP contribution in [0.1, 0.15) is 112 Å². The summed E-state index contributed by atoms with van der Waals surface area (Å²) in [5.74, 6) is -2.55. The molecule has 4 N–H and O–H groups in total. The smallest absolute Gasteiger partial charge is 0.321 e. The number of phenolic OH excluding ortho intramolecular Hbond substituents is 2. The Hall–Kier alpha value is -3.02. The summed E-state index contributed by atoms with van der Waals surface area (Å²) >= 11 is 0. The van der Waals surface area contributed by atoms with Gasteiger partial charge < -0.3 is 20.4 Å². The number of carboxylic acid groups (broad SMARTS) is 2. The number of aliphatic carboxylic acids is 2. The van der Waals surface area contributed by atoms with Crippen molar-refractivity contribution in [1.82, 2.24) is 0 Å². The molecule has 0 radical (unpaired) electrons. The molecule has 2 aromatic rings. The van der Waals surface area contributed by atoms with Gasteiger partial charge in [0.15, 0.2) is 5.41 Å². The maximum absolute atomic E-state index is 12.6. The van der Waals surface area contributed by atoms with Crippen molar-refractivity contribution in [1.29, 1.82) is 0 Å². The van der Waals surface area contributed by atoms with Crippen molar-refractivity contribution >= 4 is 11.9 Å². The van der Waals surface area contributed by atoms with Crippen LogP contribution in [0, 0.1) is 5.41 Å². The first-order chi connectivity index (χ1) is 16.1. The van der Waals surface area contributed by atoms with Gasteiger partial charge in [0.2, 0.25) is 0 Å². The van der Waals surface area contributed by atoms with E-state index in [1.807, 2.05) is 55.4 Å². The summed E-state index contributed by atoms with van der Waals surface area (Å²) in [4.78, 5) is 25.2. The Balaban J connectivity index is 2.71. The van der Waals surface area contributed by atoms with Gasteiger partial charge in [-0.25, -0.2) is 0 Å². The number of phenols is 2. The van der Waals surface area contributed by atoms with Crippen LogP contribution in [0.5, 0.6) is 11.5 Å². The molecule has 0 saturated carbocycles. The standard InChI is InChI=1S/C29H40O6/c1-15(2)21-9-19(10-22(16(3)4)25(21)30)13-29(27(32)33,28(34)35)14-20-11-23(17(5)6)26(31)24(12-20)18(7)8/h9-12,15-18,30-31H,13-14H2,1-8H3,(H,32,33)(H,34,35). The van der Waals surface area contributed by atoms with Gasteiger partial charge >= 0.3 is 11.9 Å².